The van der Waals surface area contributed by atoms with Crippen LogP contribution in [0.1, 0.15) is 10.4 Å². The van der Waals surface area contributed by atoms with Crippen LogP contribution in [0.15, 0.2) is 17.6 Å². The van der Waals surface area contributed by atoms with Gasteiger partial charge in [0.1, 0.15) is 6.29 Å². The lowest BCUT2D eigenvalue weighted by Gasteiger charge is -2.35. The molecule has 0 atom stereocenters. The van der Waals surface area contributed by atoms with Crippen LogP contribution in [-0.4, -0.2) is 48.8 Å². The minimum Gasteiger partial charge on any atom is -0.367 e. The van der Waals surface area contributed by atoms with Gasteiger partial charge in [-0.1, -0.05) is 0 Å². The molecule has 0 bridgehead atoms. The van der Waals surface area contributed by atoms with E-state index >= 15 is 0 Å². The van der Waals surface area contributed by atoms with Crippen LogP contribution in [-0.2, 0) is 11.3 Å². The summed E-state index contributed by atoms with van der Waals surface area (Å²) in [5.41, 5.74) is 2.63. The van der Waals surface area contributed by atoms with Crippen LogP contribution >= 0.6 is 11.3 Å². The minimum atomic E-state index is 0.479. The highest BCUT2D eigenvalue weighted by Gasteiger charge is 2.23. The Bertz CT molecular complexity index is 463. The third-order valence-electron chi connectivity index (χ3n) is 3.44. The SMILES string of the molecule is O=CCN1C=C(N2CCNCC2)c2ccsc2C1. The smallest absolute Gasteiger partial charge is 0.139 e. The number of hydrogen-bond acceptors (Lipinski definition) is 5. The van der Waals surface area contributed by atoms with Gasteiger partial charge in [-0.3, -0.25) is 0 Å². The first-order chi connectivity index (χ1) is 8.88. The summed E-state index contributed by atoms with van der Waals surface area (Å²) in [6, 6.07) is 2.20. The molecule has 0 aliphatic carbocycles. The maximum atomic E-state index is 10.7. The molecule has 0 amide bonds. The third kappa shape index (κ3) is 2.15. The van der Waals surface area contributed by atoms with E-state index in [9.17, 15) is 4.79 Å². The van der Waals surface area contributed by atoms with Gasteiger partial charge in [-0.2, -0.15) is 0 Å². The van der Waals surface area contributed by atoms with E-state index in [0.29, 0.717) is 6.54 Å². The number of fused-ring (bicyclic) bond motifs is 1. The molecular formula is C13H17N3OS. The molecule has 5 heteroatoms. The standard InChI is InChI=1S/C13H17N3OS/c17-7-6-15-9-12(16-4-2-14-3-5-16)11-1-8-18-13(11)10-15/h1,7-9,14H,2-6,10H2. The summed E-state index contributed by atoms with van der Waals surface area (Å²) < 4.78 is 0. The zero-order chi connectivity index (χ0) is 12.4. The lowest BCUT2D eigenvalue weighted by Crippen LogP contribution is -2.43. The molecular weight excluding hydrogens is 246 g/mol. The van der Waals surface area contributed by atoms with Crippen LogP contribution in [0.2, 0.25) is 0 Å². The predicted octanol–water partition coefficient (Wildman–Crippen LogP) is 0.966. The number of hydrogen-bond donors (Lipinski definition) is 1. The number of carbonyl (C=O) groups excluding carboxylic acids is 1. The summed E-state index contributed by atoms with van der Waals surface area (Å²) in [5.74, 6) is 0. The van der Waals surface area contributed by atoms with E-state index in [1.54, 1.807) is 11.3 Å². The Morgan fingerprint density at radius 3 is 3.00 bits per heavy atom. The second-order valence-electron chi connectivity index (χ2n) is 4.60. The molecule has 4 nitrogen and oxygen atoms in total. The van der Waals surface area contributed by atoms with Crippen molar-refractivity contribution in [2.75, 3.05) is 32.7 Å². The van der Waals surface area contributed by atoms with Gasteiger partial charge in [0, 0.05) is 42.8 Å². The van der Waals surface area contributed by atoms with Crippen LogP contribution in [0.4, 0.5) is 0 Å². The fraction of sp³-hybridized carbons (Fsp3) is 0.462. The van der Waals surface area contributed by atoms with Gasteiger partial charge in [0.15, 0.2) is 0 Å². The summed E-state index contributed by atoms with van der Waals surface area (Å²) in [7, 11) is 0. The Balaban J connectivity index is 1.90. The number of rotatable bonds is 3. The molecule has 0 aromatic carbocycles. The molecule has 2 aliphatic heterocycles. The molecule has 0 saturated carbocycles. The minimum absolute atomic E-state index is 0.479. The lowest BCUT2D eigenvalue weighted by molar-refractivity contribution is -0.108. The topological polar surface area (TPSA) is 35.6 Å². The molecule has 2 aliphatic rings. The molecule has 0 unspecified atom stereocenters. The second-order valence-corrected chi connectivity index (χ2v) is 5.61. The fourth-order valence-electron chi connectivity index (χ4n) is 2.53. The summed E-state index contributed by atoms with van der Waals surface area (Å²) in [6.07, 6.45) is 3.12. The van der Waals surface area contributed by atoms with Crippen LogP contribution < -0.4 is 5.32 Å². The molecule has 3 heterocycles. The van der Waals surface area contributed by atoms with Crippen molar-refractivity contribution in [3.05, 3.63) is 28.1 Å². The fourth-order valence-corrected chi connectivity index (χ4v) is 3.44. The van der Waals surface area contributed by atoms with Crippen molar-refractivity contribution < 1.29 is 4.79 Å². The van der Waals surface area contributed by atoms with Gasteiger partial charge in [0.25, 0.3) is 0 Å². The van der Waals surface area contributed by atoms with Gasteiger partial charge in [0.2, 0.25) is 0 Å². The number of thiophene rings is 1. The van der Waals surface area contributed by atoms with Crippen molar-refractivity contribution in [2.45, 2.75) is 6.54 Å². The number of carbonyl (C=O) groups is 1. The zero-order valence-corrected chi connectivity index (χ0v) is 11.1. The molecule has 1 aromatic rings. The molecule has 96 valence electrons. The molecule has 1 fully saturated rings. The van der Waals surface area contributed by atoms with Gasteiger partial charge in [-0.05, 0) is 11.4 Å². The van der Waals surface area contributed by atoms with E-state index in [-0.39, 0.29) is 0 Å². The van der Waals surface area contributed by atoms with E-state index in [1.807, 2.05) is 0 Å². The van der Waals surface area contributed by atoms with Gasteiger partial charge >= 0.3 is 0 Å². The maximum absolute atomic E-state index is 10.7. The average Bonchev–Trinajstić information content (AvgIpc) is 2.87. The van der Waals surface area contributed by atoms with E-state index in [0.717, 1.165) is 39.0 Å². The van der Waals surface area contributed by atoms with Crippen LogP contribution in [0.5, 0.6) is 0 Å². The summed E-state index contributed by atoms with van der Waals surface area (Å²) >= 11 is 1.78. The Labute approximate surface area is 111 Å². The second kappa shape index (κ2) is 5.12. The highest BCUT2D eigenvalue weighted by Crippen LogP contribution is 2.32. The molecule has 18 heavy (non-hydrogen) atoms. The van der Waals surface area contributed by atoms with Crippen LogP contribution in [0, 0.1) is 0 Å². The van der Waals surface area contributed by atoms with Crippen molar-refractivity contribution in [3.8, 4) is 0 Å². The highest BCUT2D eigenvalue weighted by molar-refractivity contribution is 7.10. The first-order valence-corrected chi connectivity index (χ1v) is 7.18. The van der Waals surface area contributed by atoms with Crippen molar-refractivity contribution in [1.29, 1.82) is 0 Å². The molecule has 1 aromatic heterocycles. The van der Waals surface area contributed by atoms with Crippen LogP contribution in [0.25, 0.3) is 5.70 Å². The van der Waals surface area contributed by atoms with E-state index in [1.165, 1.54) is 16.1 Å². The van der Waals surface area contributed by atoms with E-state index in [2.05, 4.69) is 32.8 Å². The molecule has 0 radical (unpaired) electrons. The monoisotopic (exact) mass is 263 g/mol. The quantitative estimate of drug-likeness (QED) is 0.824. The third-order valence-corrected chi connectivity index (χ3v) is 4.35. The van der Waals surface area contributed by atoms with Crippen molar-refractivity contribution in [3.63, 3.8) is 0 Å². The molecule has 1 saturated heterocycles. The van der Waals surface area contributed by atoms with E-state index in [4.69, 9.17) is 0 Å². The molecule has 1 N–H and O–H groups in total. The number of aldehydes is 1. The first-order valence-electron chi connectivity index (χ1n) is 6.30. The summed E-state index contributed by atoms with van der Waals surface area (Å²) in [5, 5.41) is 5.52. The first kappa shape index (κ1) is 11.7. The van der Waals surface area contributed by atoms with Crippen LogP contribution in [0.3, 0.4) is 0 Å². The Kier molecular flexibility index (Phi) is 3.34. The van der Waals surface area contributed by atoms with Gasteiger partial charge in [-0.15, -0.1) is 11.3 Å². The maximum Gasteiger partial charge on any atom is 0.139 e. The van der Waals surface area contributed by atoms with Crippen molar-refractivity contribution in [1.82, 2.24) is 15.1 Å². The normalized spacial score (nSPS) is 19.4. The predicted molar refractivity (Wildman–Crippen MR) is 73.2 cm³/mol. The number of nitrogens with zero attached hydrogens (tertiary/aromatic N) is 2. The summed E-state index contributed by atoms with van der Waals surface area (Å²) in [4.78, 5) is 16.6. The average molecular weight is 263 g/mol. The molecule has 3 rings (SSSR count). The summed E-state index contributed by atoms with van der Waals surface area (Å²) in [6.45, 7) is 5.48. The van der Waals surface area contributed by atoms with Crippen molar-refractivity contribution in [2.24, 2.45) is 0 Å². The number of piperazine rings is 1. The zero-order valence-electron chi connectivity index (χ0n) is 10.3. The Morgan fingerprint density at radius 2 is 2.22 bits per heavy atom. The van der Waals surface area contributed by atoms with E-state index < -0.39 is 0 Å². The number of nitrogens with one attached hydrogen (secondary N) is 1. The molecule has 0 spiro atoms. The van der Waals surface area contributed by atoms with Gasteiger partial charge in [-0.25, -0.2) is 0 Å². The largest absolute Gasteiger partial charge is 0.367 e. The van der Waals surface area contributed by atoms with Gasteiger partial charge in [0.05, 0.1) is 18.8 Å². The Hall–Kier alpha value is -1.33. The van der Waals surface area contributed by atoms with Gasteiger partial charge < -0.3 is 19.9 Å². The highest BCUT2D eigenvalue weighted by atomic mass is 32.1. The lowest BCUT2D eigenvalue weighted by atomic mass is 10.1. The van der Waals surface area contributed by atoms with Crippen molar-refractivity contribution >= 4 is 23.3 Å². The Morgan fingerprint density at radius 1 is 1.39 bits per heavy atom.